The lowest BCUT2D eigenvalue weighted by atomic mass is 9.86. The second kappa shape index (κ2) is 7.53. The van der Waals surface area contributed by atoms with Crippen LogP contribution in [-0.2, 0) is 11.2 Å². The first-order valence-electron chi connectivity index (χ1n) is 9.81. The summed E-state index contributed by atoms with van der Waals surface area (Å²) >= 11 is 0. The summed E-state index contributed by atoms with van der Waals surface area (Å²) in [6.07, 6.45) is 4.59. The number of pyridine rings is 1. The molecule has 0 atom stereocenters. The second-order valence-corrected chi connectivity index (χ2v) is 7.20. The number of para-hydroxylation sites is 1. The summed E-state index contributed by atoms with van der Waals surface area (Å²) < 4.78 is 16.1. The Hall–Kier alpha value is -3.85. The molecule has 1 aliphatic carbocycles. The third kappa shape index (κ3) is 3.15. The van der Waals surface area contributed by atoms with Gasteiger partial charge in [0.2, 0.25) is 6.79 Å². The minimum absolute atomic E-state index is 0.236. The van der Waals surface area contributed by atoms with Gasteiger partial charge >= 0.3 is 5.97 Å². The van der Waals surface area contributed by atoms with Crippen molar-refractivity contribution < 1.29 is 19.0 Å². The SMILES string of the molecule is N#CCOC(=O)c1c2c(nc3ccccc13)/C(=C/c1ccc3c(c1)OCO3)CCC2. The number of hydrogen-bond acceptors (Lipinski definition) is 6. The topological polar surface area (TPSA) is 81.4 Å². The number of ether oxygens (including phenoxy) is 3. The van der Waals surface area contributed by atoms with Gasteiger partial charge in [0.05, 0.1) is 16.8 Å². The molecule has 0 unspecified atom stereocenters. The number of nitrogens with zero attached hydrogens (tertiary/aromatic N) is 2. The van der Waals surface area contributed by atoms with Crippen LogP contribution in [-0.4, -0.2) is 24.4 Å². The first-order chi connectivity index (χ1) is 14.7. The summed E-state index contributed by atoms with van der Waals surface area (Å²) in [7, 11) is 0. The molecule has 2 aliphatic rings. The minimum Gasteiger partial charge on any atom is -0.454 e. The van der Waals surface area contributed by atoms with Crippen LogP contribution in [0.5, 0.6) is 11.5 Å². The zero-order chi connectivity index (χ0) is 20.5. The van der Waals surface area contributed by atoms with Crippen LogP contribution < -0.4 is 9.47 Å². The molecule has 0 saturated heterocycles. The van der Waals surface area contributed by atoms with Crippen molar-refractivity contribution in [3.8, 4) is 17.6 Å². The molecule has 148 valence electrons. The molecule has 1 aromatic heterocycles. The van der Waals surface area contributed by atoms with E-state index < -0.39 is 5.97 Å². The van der Waals surface area contributed by atoms with Crippen molar-refractivity contribution in [2.75, 3.05) is 13.4 Å². The maximum absolute atomic E-state index is 12.8. The zero-order valence-electron chi connectivity index (χ0n) is 16.2. The minimum atomic E-state index is -0.476. The van der Waals surface area contributed by atoms with E-state index in [-0.39, 0.29) is 13.4 Å². The average molecular weight is 398 g/mol. The number of carbonyl (C=O) groups is 1. The number of allylic oxidation sites excluding steroid dienone is 1. The van der Waals surface area contributed by atoms with E-state index in [2.05, 4.69) is 6.08 Å². The van der Waals surface area contributed by atoms with Crippen LogP contribution in [0.15, 0.2) is 42.5 Å². The molecule has 0 N–H and O–H groups in total. The Morgan fingerprint density at radius 2 is 2.03 bits per heavy atom. The molecule has 0 amide bonds. The van der Waals surface area contributed by atoms with E-state index in [0.29, 0.717) is 5.56 Å². The van der Waals surface area contributed by atoms with E-state index in [0.717, 1.165) is 64.1 Å². The Balaban J connectivity index is 1.65. The molecule has 3 aromatic rings. The lowest BCUT2D eigenvalue weighted by Gasteiger charge is -2.22. The van der Waals surface area contributed by atoms with Crippen molar-refractivity contribution in [3.05, 3.63) is 64.8 Å². The molecule has 0 radical (unpaired) electrons. The Kier molecular flexibility index (Phi) is 4.56. The summed E-state index contributed by atoms with van der Waals surface area (Å²) in [5.41, 5.74) is 5.01. The van der Waals surface area contributed by atoms with Gasteiger partial charge in [-0.25, -0.2) is 9.78 Å². The molecule has 0 fully saturated rings. The lowest BCUT2D eigenvalue weighted by Crippen LogP contribution is -2.15. The Bertz CT molecular complexity index is 1240. The predicted molar refractivity (Wildman–Crippen MR) is 111 cm³/mol. The molecule has 5 rings (SSSR count). The van der Waals surface area contributed by atoms with Gasteiger partial charge in [-0.3, -0.25) is 0 Å². The summed E-state index contributed by atoms with van der Waals surface area (Å²) in [6, 6.07) is 15.2. The molecule has 0 spiro atoms. The van der Waals surface area contributed by atoms with Crippen molar-refractivity contribution >= 4 is 28.5 Å². The highest BCUT2D eigenvalue weighted by atomic mass is 16.7. The number of fused-ring (bicyclic) bond motifs is 3. The fraction of sp³-hybridized carbons (Fsp3) is 0.208. The molecule has 30 heavy (non-hydrogen) atoms. The molecular formula is C24H18N2O4. The van der Waals surface area contributed by atoms with Gasteiger partial charge in [0.15, 0.2) is 18.1 Å². The van der Waals surface area contributed by atoms with Gasteiger partial charge < -0.3 is 14.2 Å². The van der Waals surface area contributed by atoms with Crippen molar-refractivity contribution in [2.24, 2.45) is 0 Å². The highest BCUT2D eigenvalue weighted by molar-refractivity contribution is 6.06. The fourth-order valence-electron chi connectivity index (χ4n) is 4.08. The van der Waals surface area contributed by atoms with Crippen LogP contribution in [0.1, 0.15) is 40.0 Å². The average Bonchev–Trinajstić information content (AvgIpc) is 3.24. The van der Waals surface area contributed by atoms with E-state index in [1.54, 1.807) is 0 Å². The highest BCUT2D eigenvalue weighted by Gasteiger charge is 2.26. The van der Waals surface area contributed by atoms with Gasteiger partial charge in [0.1, 0.15) is 6.07 Å². The zero-order valence-corrected chi connectivity index (χ0v) is 16.2. The van der Waals surface area contributed by atoms with E-state index in [1.807, 2.05) is 48.5 Å². The van der Waals surface area contributed by atoms with E-state index >= 15 is 0 Å². The Labute approximate surface area is 173 Å². The lowest BCUT2D eigenvalue weighted by molar-refractivity contribution is 0.0556. The normalized spacial score (nSPS) is 15.6. The quantitative estimate of drug-likeness (QED) is 0.604. The van der Waals surface area contributed by atoms with Crippen LogP contribution in [0, 0.1) is 11.3 Å². The van der Waals surface area contributed by atoms with Crippen LogP contribution in [0.3, 0.4) is 0 Å². The molecule has 2 heterocycles. The van der Waals surface area contributed by atoms with Gasteiger partial charge in [-0.15, -0.1) is 0 Å². The van der Waals surface area contributed by atoms with Crippen LogP contribution in [0.2, 0.25) is 0 Å². The summed E-state index contributed by atoms with van der Waals surface area (Å²) in [5.74, 6) is 0.996. The van der Waals surface area contributed by atoms with Crippen molar-refractivity contribution in [1.29, 1.82) is 5.26 Å². The monoisotopic (exact) mass is 398 g/mol. The maximum Gasteiger partial charge on any atom is 0.340 e. The van der Waals surface area contributed by atoms with E-state index in [1.165, 1.54) is 0 Å². The predicted octanol–water partition coefficient (Wildman–Crippen LogP) is 4.52. The van der Waals surface area contributed by atoms with Crippen LogP contribution in [0.4, 0.5) is 0 Å². The van der Waals surface area contributed by atoms with Gasteiger partial charge in [-0.05, 0) is 60.2 Å². The smallest absolute Gasteiger partial charge is 0.340 e. The largest absolute Gasteiger partial charge is 0.454 e. The number of aromatic nitrogens is 1. The van der Waals surface area contributed by atoms with Crippen molar-refractivity contribution in [2.45, 2.75) is 19.3 Å². The number of carbonyl (C=O) groups excluding carboxylic acids is 1. The van der Waals surface area contributed by atoms with Crippen molar-refractivity contribution in [3.63, 3.8) is 0 Å². The summed E-state index contributed by atoms with van der Waals surface area (Å²) in [4.78, 5) is 17.7. The molecule has 0 bridgehead atoms. The second-order valence-electron chi connectivity index (χ2n) is 7.20. The third-order valence-electron chi connectivity index (χ3n) is 5.38. The molecular weight excluding hydrogens is 380 g/mol. The number of benzene rings is 2. The Morgan fingerprint density at radius 1 is 1.17 bits per heavy atom. The van der Waals surface area contributed by atoms with Gasteiger partial charge in [-0.2, -0.15) is 5.26 Å². The first-order valence-corrected chi connectivity index (χ1v) is 9.81. The maximum atomic E-state index is 12.8. The van der Waals surface area contributed by atoms with Crippen LogP contribution >= 0.6 is 0 Å². The number of nitriles is 1. The van der Waals surface area contributed by atoms with Crippen molar-refractivity contribution in [1.82, 2.24) is 4.98 Å². The number of hydrogen-bond donors (Lipinski definition) is 0. The van der Waals surface area contributed by atoms with E-state index in [4.69, 9.17) is 24.5 Å². The fourth-order valence-corrected chi connectivity index (χ4v) is 4.08. The molecule has 2 aromatic carbocycles. The summed E-state index contributed by atoms with van der Waals surface area (Å²) in [6.45, 7) is -0.0376. The molecule has 6 heteroatoms. The standard InChI is InChI=1S/C24H18N2O4/c25-10-11-28-24(27)22-17-5-1-2-7-19(17)26-23-16(4-3-6-18(22)23)12-15-8-9-20-21(13-15)30-14-29-20/h1-2,5,7-9,12-13H,3-4,6,11,14H2/b16-12+. The number of rotatable bonds is 3. The first kappa shape index (κ1) is 18.2. The molecule has 1 aliphatic heterocycles. The number of esters is 1. The van der Waals surface area contributed by atoms with Gasteiger partial charge in [-0.1, -0.05) is 24.3 Å². The summed E-state index contributed by atoms with van der Waals surface area (Å²) in [5, 5.41) is 9.57. The highest BCUT2D eigenvalue weighted by Crippen LogP contribution is 2.38. The van der Waals surface area contributed by atoms with Crippen LogP contribution in [0.25, 0.3) is 22.6 Å². The van der Waals surface area contributed by atoms with E-state index in [9.17, 15) is 4.79 Å². The van der Waals surface area contributed by atoms with Gasteiger partial charge in [0.25, 0.3) is 0 Å². The molecule has 6 nitrogen and oxygen atoms in total. The third-order valence-corrected chi connectivity index (χ3v) is 5.38. The molecule has 0 saturated carbocycles. The Morgan fingerprint density at radius 3 is 2.93 bits per heavy atom. The van der Waals surface area contributed by atoms with Gasteiger partial charge in [0, 0.05) is 5.39 Å².